The van der Waals surface area contributed by atoms with Gasteiger partial charge in [0.2, 0.25) is 0 Å². The minimum absolute atomic E-state index is 0.232. The first-order chi connectivity index (χ1) is 8.20. The lowest BCUT2D eigenvalue weighted by atomic mass is 10.1. The van der Waals surface area contributed by atoms with Gasteiger partial charge in [0.05, 0.1) is 18.4 Å². The van der Waals surface area contributed by atoms with Gasteiger partial charge < -0.3 is 14.7 Å². The number of aliphatic hydroxyl groups is 1. The topological polar surface area (TPSA) is 32.7 Å². The third-order valence-corrected chi connectivity index (χ3v) is 3.03. The van der Waals surface area contributed by atoms with Gasteiger partial charge in [-0.3, -0.25) is 0 Å². The van der Waals surface area contributed by atoms with Gasteiger partial charge >= 0.3 is 0 Å². The minimum atomic E-state index is -0.246. The van der Waals surface area contributed by atoms with Crippen molar-refractivity contribution in [3.05, 3.63) is 24.0 Å². The molecule has 17 heavy (non-hydrogen) atoms. The lowest BCUT2D eigenvalue weighted by molar-refractivity contribution is 0.145. The summed E-state index contributed by atoms with van der Waals surface area (Å²) in [6.45, 7) is 3.85. The van der Waals surface area contributed by atoms with E-state index in [1.165, 1.54) is 6.07 Å². The van der Waals surface area contributed by atoms with Gasteiger partial charge in [-0.2, -0.15) is 0 Å². The Morgan fingerprint density at radius 2 is 2.12 bits per heavy atom. The van der Waals surface area contributed by atoms with Crippen LogP contribution in [-0.2, 0) is 0 Å². The molecule has 0 bridgehead atoms. The highest BCUT2D eigenvalue weighted by atomic mass is 19.1. The summed E-state index contributed by atoms with van der Waals surface area (Å²) in [5.41, 5.74) is 0.572. The molecule has 4 heteroatoms. The molecule has 0 spiro atoms. The largest absolute Gasteiger partial charge is 0.494 e. The molecule has 1 heterocycles. The SMILES string of the molecule is CCOc1ccc(F)c(N2CCC(O)CC2)c1. The Bertz CT molecular complexity index is 376. The number of halogens is 1. The molecule has 0 amide bonds. The molecule has 1 aliphatic heterocycles. The van der Waals surface area contributed by atoms with E-state index in [0.717, 1.165) is 0 Å². The van der Waals surface area contributed by atoms with Crippen LogP contribution >= 0.6 is 0 Å². The molecule has 1 fully saturated rings. The maximum Gasteiger partial charge on any atom is 0.146 e. The van der Waals surface area contributed by atoms with Crippen LogP contribution in [0.3, 0.4) is 0 Å². The van der Waals surface area contributed by atoms with Crippen molar-refractivity contribution in [2.24, 2.45) is 0 Å². The third kappa shape index (κ3) is 2.88. The van der Waals surface area contributed by atoms with E-state index in [4.69, 9.17) is 4.74 Å². The number of hydrogen-bond donors (Lipinski definition) is 1. The number of aliphatic hydroxyl groups excluding tert-OH is 1. The summed E-state index contributed by atoms with van der Waals surface area (Å²) in [4.78, 5) is 1.96. The van der Waals surface area contributed by atoms with Crippen molar-refractivity contribution >= 4 is 5.69 Å². The van der Waals surface area contributed by atoms with Crippen LogP contribution in [0.4, 0.5) is 10.1 Å². The van der Waals surface area contributed by atoms with E-state index in [2.05, 4.69) is 0 Å². The maximum atomic E-state index is 13.7. The average Bonchev–Trinajstić information content (AvgIpc) is 2.33. The zero-order chi connectivity index (χ0) is 12.3. The van der Waals surface area contributed by atoms with Crippen LogP contribution in [-0.4, -0.2) is 30.9 Å². The first kappa shape index (κ1) is 12.2. The number of hydrogen-bond acceptors (Lipinski definition) is 3. The first-order valence-electron chi connectivity index (χ1n) is 6.06. The fourth-order valence-corrected chi connectivity index (χ4v) is 2.10. The Labute approximate surface area is 101 Å². The van der Waals surface area contributed by atoms with Crippen LogP contribution in [0.1, 0.15) is 19.8 Å². The predicted octanol–water partition coefficient (Wildman–Crippen LogP) is 2.19. The van der Waals surface area contributed by atoms with E-state index < -0.39 is 0 Å². The first-order valence-corrected chi connectivity index (χ1v) is 6.06. The smallest absolute Gasteiger partial charge is 0.146 e. The molecule has 1 saturated heterocycles. The Morgan fingerprint density at radius 1 is 1.41 bits per heavy atom. The highest BCUT2D eigenvalue weighted by Gasteiger charge is 2.20. The molecule has 0 unspecified atom stereocenters. The summed E-state index contributed by atoms with van der Waals surface area (Å²) in [5.74, 6) is 0.458. The molecular formula is C13H18FNO2. The minimum Gasteiger partial charge on any atom is -0.494 e. The zero-order valence-electron chi connectivity index (χ0n) is 10.0. The van der Waals surface area contributed by atoms with E-state index in [1.54, 1.807) is 12.1 Å². The standard InChI is InChI=1S/C13H18FNO2/c1-2-17-11-3-4-12(14)13(9-11)15-7-5-10(16)6-8-15/h3-4,9-10,16H,2,5-8H2,1H3. The van der Waals surface area contributed by atoms with Gasteiger partial charge in [-0.15, -0.1) is 0 Å². The van der Waals surface area contributed by atoms with Gasteiger partial charge in [-0.1, -0.05) is 0 Å². The molecule has 0 atom stereocenters. The zero-order valence-corrected chi connectivity index (χ0v) is 10.0. The van der Waals surface area contributed by atoms with Crippen molar-refractivity contribution in [2.75, 3.05) is 24.6 Å². The lowest BCUT2D eigenvalue weighted by Crippen LogP contribution is -2.36. The van der Waals surface area contributed by atoms with Crippen molar-refractivity contribution in [2.45, 2.75) is 25.9 Å². The number of anilines is 1. The molecule has 94 valence electrons. The van der Waals surface area contributed by atoms with Crippen LogP contribution < -0.4 is 9.64 Å². The van der Waals surface area contributed by atoms with E-state index in [1.807, 2.05) is 11.8 Å². The van der Waals surface area contributed by atoms with E-state index >= 15 is 0 Å². The fourth-order valence-electron chi connectivity index (χ4n) is 2.10. The summed E-state index contributed by atoms with van der Waals surface area (Å²) >= 11 is 0. The van der Waals surface area contributed by atoms with Gasteiger partial charge in [0.15, 0.2) is 0 Å². The Morgan fingerprint density at radius 3 is 2.76 bits per heavy atom. The molecule has 1 N–H and O–H groups in total. The van der Waals surface area contributed by atoms with Crippen LogP contribution in [0.5, 0.6) is 5.75 Å². The van der Waals surface area contributed by atoms with Crippen molar-refractivity contribution in [1.29, 1.82) is 0 Å². The number of rotatable bonds is 3. The maximum absolute atomic E-state index is 13.7. The monoisotopic (exact) mass is 239 g/mol. The molecule has 2 rings (SSSR count). The Balaban J connectivity index is 2.15. The second-order valence-corrected chi connectivity index (χ2v) is 4.26. The second-order valence-electron chi connectivity index (χ2n) is 4.26. The molecule has 1 aliphatic rings. The molecular weight excluding hydrogens is 221 g/mol. The highest BCUT2D eigenvalue weighted by molar-refractivity contribution is 5.52. The molecule has 1 aromatic rings. The molecule has 0 saturated carbocycles. The number of piperidine rings is 1. The van der Waals surface area contributed by atoms with E-state index in [-0.39, 0.29) is 11.9 Å². The van der Waals surface area contributed by atoms with E-state index in [0.29, 0.717) is 44.0 Å². The normalized spacial score (nSPS) is 17.2. The quantitative estimate of drug-likeness (QED) is 0.877. The van der Waals surface area contributed by atoms with Crippen molar-refractivity contribution < 1.29 is 14.2 Å². The average molecular weight is 239 g/mol. The summed E-state index contributed by atoms with van der Waals surface area (Å²) in [6, 6.07) is 4.81. The molecule has 0 aromatic heterocycles. The summed E-state index contributed by atoms with van der Waals surface area (Å²) in [5, 5.41) is 9.44. The van der Waals surface area contributed by atoms with Gasteiger partial charge in [0.1, 0.15) is 11.6 Å². The van der Waals surface area contributed by atoms with Crippen LogP contribution in [0.25, 0.3) is 0 Å². The number of ether oxygens (including phenoxy) is 1. The number of benzene rings is 1. The van der Waals surface area contributed by atoms with Crippen molar-refractivity contribution in [3.63, 3.8) is 0 Å². The summed E-state index contributed by atoms with van der Waals surface area (Å²) in [6.07, 6.45) is 1.14. The lowest BCUT2D eigenvalue weighted by Gasteiger charge is -2.31. The van der Waals surface area contributed by atoms with Crippen LogP contribution in [0.15, 0.2) is 18.2 Å². The molecule has 3 nitrogen and oxygen atoms in total. The fraction of sp³-hybridized carbons (Fsp3) is 0.538. The highest BCUT2D eigenvalue weighted by Crippen LogP contribution is 2.27. The molecule has 1 aromatic carbocycles. The van der Waals surface area contributed by atoms with E-state index in [9.17, 15) is 9.50 Å². The van der Waals surface area contributed by atoms with Crippen molar-refractivity contribution in [3.8, 4) is 5.75 Å². The number of nitrogens with zero attached hydrogens (tertiary/aromatic N) is 1. The van der Waals surface area contributed by atoms with Crippen LogP contribution in [0.2, 0.25) is 0 Å². The van der Waals surface area contributed by atoms with Gasteiger partial charge in [0.25, 0.3) is 0 Å². The third-order valence-electron chi connectivity index (χ3n) is 3.03. The predicted molar refractivity (Wildman–Crippen MR) is 65.0 cm³/mol. The van der Waals surface area contributed by atoms with Crippen molar-refractivity contribution in [1.82, 2.24) is 0 Å². The molecule has 0 aliphatic carbocycles. The second kappa shape index (κ2) is 5.36. The Hall–Kier alpha value is -1.29. The summed E-state index contributed by atoms with van der Waals surface area (Å²) in [7, 11) is 0. The van der Waals surface area contributed by atoms with Gasteiger partial charge in [-0.05, 0) is 31.9 Å². The Kier molecular flexibility index (Phi) is 3.84. The molecule has 0 radical (unpaired) electrons. The summed E-state index contributed by atoms with van der Waals surface area (Å²) < 4.78 is 19.1. The van der Waals surface area contributed by atoms with Crippen LogP contribution in [0, 0.1) is 5.82 Å². The van der Waals surface area contributed by atoms with Gasteiger partial charge in [0, 0.05) is 19.2 Å². The van der Waals surface area contributed by atoms with Gasteiger partial charge in [-0.25, -0.2) is 4.39 Å².